The molecule has 7 heteroatoms. The first-order chi connectivity index (χ1) is 13.6. The van der Waals surface area contributed by atoms with Crippen LogP contribution >= 0.6 is 35.3 Å². The molecule has 0 bridgehead atoms. The summed E-state index contributed by atoms with van der Waals surface area (Å²) in [6, 6.07) is 5.04. The third-order valence-corrected chi connectivity index (χ3v) is 7.58. The van der Waals surface area contributed by atoms with Crippen molar-refractivity contribution in [1.29, 1.82) is 0 Å². The molecule has 1 unspecified atom stereocenters. The predicted molar refractivity (Wildman–Crippen MR) is 137 cm³/mol. The zero-order chi connectivity index (χ0) is 19.8. The molecule has 166 valence electrons. The Hall–Kier alpha value is -0.380. The van der Waals surface area contributed by atoms with Gasteiger partial charge in [0, 0.05) is 55.6 Å². The number of rotatable bonds is 7. The number of thiophene rings is 1. The van der Waals surface area contributed by atoms with Crippen LogP contribution in [0.15, 0.2) is 22.5 Å². The van der Waals surface area contributed by atoms with Gasteiger partial charge in [-0.2, -0.15) is 0 Å². The van der Waals surface area contributed by atoms with Gasteiger partial charge in [0.25, 0.3) is 0 Å². The number of nitrogens with zero attached hydrogens (tertiary/aromatic N) is 3. The maximum absolute atomic E-state index is 5.07. The van der Waals surface area contributed by atoms with Gasteiger partial charge in [0.2, 0.25) is 0 Å². The fraction of sp³-hybridized carbons (Fsp3) is 0.773. The average molecular weight is 534 g/mol. The molecule has 0 radical (unpaired) electrons. The number of nitrogens with one attached hydrogen (secondary N) is 2. The van der Waals surface area contributed by atoms with Gasteiger partial charge in [-0.1, -0.05) is 25.3 Å². The molecule has 1 aliphatic heterocycles. The Kier molecular flexibility index (Phi) is 10.7. The molecule has 1 aromatic rings. The Labute approximate surface area is 198 Å². The quantitative estimate of drug-likeness (QED) is 0.318. The molecule has 2 fully saturated rings. The van der Waals surface area contributed by atoms with E-state index in [1.54, 1.807) is 0 Å². The average Bonchev–Trinajstić information content (AvgIpc) is 3.27. The summed E-state index contributed by atoms with van der Waals surface area (Å²) in [5.74, 6) is 0.977. The van der Waals surface area contributed by atoms with Gasteiger partial charge in [-0.15, -0.1) is 35.3 Å². The molecule has 0 amide bonds. The van der Waals surface area contributed by atoms with Crippen molar-refractivity contribution in [2.75, 3.05) is 52.9 Å². The lowest BCUT2D eigenvalue weighted by Crippen LogP contribution is -2.52. The lowest BCUT2D eigenvalue weighted by atomic mass is 9.73. The Morgan fingerprint density at radius 3 is 2.52 bits per heavy atom. The minimum absolute atomic E-state index is 0. The summed E-state index contributed by atoms with van der Waals surface area (Å²) in [7, 11) is 2.21. The number of hydrogen-bond acceptors (Lipinski definition) is 4. The van der Waals surface area contributed by atoms with E-state index in [2.05, 4.69) is 58.8 Å². The van der Waals surface area contributed by atoms with Crippen molar-refractivity contribution in [3.05, 3.63) is 22.4 Å². The molecule has 1 saturated carbocycles. The van der Waals surface area contributed by atoms with Crippen LogP contribution in [-0.4, -0.2) is 74.7 Å². The molecule has 1 aliphatic carbocycles. The monoisotopic (exact) mass is 533 g/mol. The van der Waals surface area contributed by atoms with Crippen molar-refractivity contribution in [3.8, 4) is 0 Å². The van der Waals surface area contributed by atoms with Crippen LogP contribution in [0.25, 0.3) is 0 Å². The molecule has 1 aromatic heterocycles. The minimum atomic E-state index is 0. The van der Waals surface area contributed by atoms with Crippen LogP contribution in [0, 0.1) is 0 Å². The molecule has 5 nitrogen and oxygen atoms in total. The fourth-order valence-corrected chi connectivity index (χ4v) is 5.48. The first-order valence-electron chi connectivity index (χ1n) is 11.1. The number of guanidine groups is 1. The zero-order valence-corrected chi connectivity index (χ0v) is 21.6. The lowest BCUT2D eigenvalue weighted by Gasteiger charge is -2.37. The summed E-state index contributed by atoms with van der Waals surface area (Å²) >= 11 is 1.91. The largest absolute Gasteiger partial charge is 0.357 e. The van der Waals surface area contributed by atoms with Crippen LogP contribution in [0.5, 0.6) is 0 Å². The molecule has 0 spiro atoms. The second-order valence-electron chi connectivity index (χ2n) is 8.58. The molecule has 1 saturated heterocycles. The highest BCUT2D eigenvalue weighted by atomic mass is 127. The van der Waals surface area contributed by atoms with Crippen LogP contribution in [0.4, 0.5) is 0 Å². The smallest absolute Gasteiger partial charge is 0.191 e. The van der Waals surface area contributed by atoms with E-state index in [1.165, 1.54) is 50.1 Å². The standard InChI is InChI=1S/C22H39N5S.HI/c1-4-23-21(24-17-19(2)27-14-12-26(3)13-15-27)25-18-22(10-6-5-7-11-22)20-9-8-16-28-20;/h8-9,16,19H,4-7,10-15,17-18H2,1-3H3,(H2,23,24,25);1H. The fourth-order valence-electron chi connectivity index (χ4n) is 4.50. The topological polar surface area (TPSA) is 42.9 Å². The van der Waals surface area contributed by atoms with Gasteiger partial charge in [0.05, 0.1) is 6.54 Å². The summed E-state index contributed by atoms with van der Waals surface area (Å²) in [4.78, 5) is 11.6. The van der Waals surface area contributed by atoms with Gasteiger partial charge in [0.15, 0.2) is 5.96 Å². The molecule has 0 aromatic carbocycles. The molecular formula is C22H40IN5S. The Balaban J connectivity index is 0.00000300. The molecule has 2 N–H and O–H groups in total. The number of aliphatic imine (C=N–C) groups is 1. The highest BCUT2D eigenvalue weighted by molar-refractivity contribution is 14.0. The van der Waals surface area contributed by atoms with E-state index in [0.29, 0.717) is 6.04 Å². The summed E-state index contributed by atoms with van der Waals surface area (Å²) < 4.78 is 0. The normalized spacial score (nSPS) is 22.0. The SMILES string of the molecule is CCNC(=NCC1(c2cccs2)CCCCC1)NCC(C)N1CCN(C)CC1.I. The summed E-state index contributed by atoms with van der Waals surface area (Å²) in [6.45, 7) is 11.9. The Bertz CT molecular complexity index is 592. The second kappa shape index (κ2) is 12.5. The van der Waals surface area contributed by atoms with Crippen molar-refractivity contribution in [2.24, 2.45) is 4.99 Å². The first-order valence-corrected chi connectivity index (χ1v) is 12.0. The zero-order valence-electron chi connectivity index (χ0n) is 18.5. The van der Waals surface area contributed by atoms with E-state index in [1.807, 2.05) is 11.3 Å². The van der Waals surface area contributed by atoms with Gasteiger partial charge in [-0.25, -0.2) is 0 Å². The molecular weight excluding hydrogens is 493 g/mol. The second-order valence-corrected chi connectivity index (χ2v) is 9.53. The molecule has 29 heavy (non-hydrogen) atoms. The molecule has 3 rings (SSSR count). The Morgan fingerprint density at radius 2 is 1.90 bits per heavy atom. The van der Waals surface area contributed by atoms with Crippen molar-refractivity contribution < 1.29 is 0 Å². The first kappa shape index (κ1) is 24.9. The van der Waals surface area contributed by atoms with Crippen molar-refractivity contribution >= 4 is 41.3 Å². The van der Waals surface area contributed by atoms with Crippen molar-refractivity contribution in [3.63, 3.8) is 0 Å². The number of likely N-dealkylation sites (N-methyl/N-ethyl adjacent to an activating group) is 1. The predicted octanol–water partition coefficient (Wildman–Crippen LogP) is 3.76. The number of hydrogen-bond donors (Lipinski definition) is 2. The van der Waals surface area contributed by atoms with Crippen LogP contribution in [0.3, 0.4) is 0 Å². The molecule has 2 aliphatic rings. The summed E-state index contributed by atoms with van der Waals surface area (Å²) in [5, 5.41) is 9.30. The van der Waals surface area contributed by atoms with E-state index in [-0.39, 0.29) is 29.4 Å². The van der Waals surface area contributed by atoms with E-state index in [4.69, 9.17) is 4.99 Å². The highest BCUT2D eigenvalue weighted by Crippen LogP contribution is 2.41. The third kappa shape index (κ3) is 7.08. The maximum Gasteiger partial charge on any atom is 0.191 e. The van der Waals surface area contributed by atoms with Crippen LogP contribution in [0.1, 0.15) is 50.8 Å². The summed E-state index contributed by atoms with van der Waals surface area (Å²) in [6.07, 6.45) is 6.58. The van der Waals surface area contributed by atoms with Gasteiger partial charge in [0.1, 0.15) is 0 Å². The highest BCUT2D eigenvalue weighted by Gasteiger charge is 2.34. The Morgan fingerprint density at radius 1 is 1.17 bits per heavy atom. The van der Waals surface area contributed by atoms with E-state index >= 15 is 0 Å². The van der Waals surface area contributed by atoms with E-state index in [0.717, 1.165) is 38.7 Å². The van der Waals surface area contributed by atoms with Gasteiger partial charge >= 0.3 is 0 Å². The van der Waals surface area contributed by atoms with E-state index in [9.17, 15) is 0 Å². The van der Waals surface area contributed by atoms with Gasteiger partial charge in [-0.3, -0.25) is 9.89 Å². The summed E-state index contributed by atoms with van der Waals surface area (Å²) in [5.41, 5.74) is 0.248. The van der Waals surface area contributed by atoms with Crippen LogP contribution in [0.2, 0.25) is 0 Å². The van der Waals surface area contributed by atoms with Crippen molar-refractivity contribution in [1.82, 2.24) is 20.4 Å². The van der Waals surface area contributed by atoms with Crippen LogP contribution in [-0.2, 0) is 5.41 Å². The number of halogens is 1. The van der Waals surface area contributed by atoms with Gasteiger partial charge in [-0.05, 0) is 45.2 Å². The maximum atomic E-state index is 5.07. The minimum Gasteiger partial charge on any atom is -0.357 e. The number of piperazine rings is 1. The lowest BCUT2D eigenvalue weighted by molar-refractivity contribution is 0.120. The van der Waals surface area contributed by atoms with E-state index < -0.39 is 0 Å². The van der Waals surface area contributed by atoms with Crippen LogP contribution < -0.4 is 10.6 Å². The molecule has 2 heterocycles. The van der Waals surface area contributed by atoms with Crippen molar-refractivity contribution in [2.45, 2.75) is 57.4 Å². The van der Waals surface area contributed by atoms with Gasteiger partial charge < -0.3 is 15.5 Å². The molecule has 1 atom stereocenters. The third-order valence-electron chi connectivity index (χ3n) is 6.46.